The van der Waals surface area contributed by atoms with Crippen molar-refractivity contribution < 1.29 is 9.59 Å². The summed E-state index contributed by atoms with van der Waals surface area (Å²) in [6.45, 7) is 1.41. The zero-order valence-corrected chi connectivity index (χ0v) is 21.6. The summed E-state index contributed by atoms with van der Waals surface area (Å²) in [6.07, 6.45) is 9.40. The number of pyridine rings is 1. The number of nitrogen functional groups attached to an aromatic ring is 1. The normalized spacial score (nSPS) is 19.3. The molecule has 2 saturated carbocycles. The zero-order chi connectivity index (χ0) is 26.5. The number of piperidine rings is 1. The van der Waals surface area contributed by atoms with Gasteiger partial charge in [0.15, 0.2) is 5.65 Å². The Morgan fingerprint density at radius 2 is 1.79 bits per heavy atom. The van der Waals surface area contributed by atoms with Crippen molar-refractivity contribution in [2.24, 2.45) is 5.92 Å². The maximum Gasteiger partial charge on any atom is 0.256 e. The van der Waals surface area contributed by atoms with Crippen molar-refractivity contribution in [3.05, 3.63) is 60.0 Å². The molecule has 10 nitrogen and oxygen atoms in total. The lowest BCUT2D eigenvalue weighted by Crippen LogP contribution is -2.41. The first kappa shape index (κ1) is 23.8. The number of amides is 2. The van der Waals surface area contributed by atoms with E-state index in [1.807, 2.05) is 33.8 Å². The van der Waals surface area contributed by atoms with Gasteiger partial charge in [0.05, 0.1) is 11.4 Å². The van der Waals surface area contributed by atoms with Crippen LogP contribution in [0.1, 0.15) is 66.4 Å². The number of carbonyl (C=O) groups is 2. The van der Waals surface area contributed by atoms with Gasteiger partial charge in [-0.2, -0.15) is 5.10 Å². The number of fused-ring (bicyclic) bond motifs is 1. The molecule has 0 radical (unpaired) electrons. The van der Waals surface area contributed by atoms with Gasteiger partial charge in [0, 0.05) is 36.3 Å². The van der Waals surface area contributed by atoms with Crippen molar-refractivity contribution in [1.82, 2.24) is 29.6 Å². The number of benzene rings is 1. The van der Waals surface area contributed by atoms with Gasteiger partial charge in [0.2, 0.25) is 5.91 Å². The standard InChI is InChI=1S/C29H30N8O2/c30-26-24-25(18-5-7-19(8-6-18)28(38)34-23-14-21(11-12-31-23)17-3-4-17)35-37(27(24)33-16-32-26)22-2-1-13-36(15-22)29(39)20-9-10-20/h5-8,11-12,14,16-17,20,22H,1-4,9-10,13,15H2,(H2,30,32,33)(H,31,34,38)/t22-/m1/s1. The highest BCUT2D eigenvalue weighted by atomic mass is 16.2. The number of nitrogens with two attached hydrogens (primary N) is 1. The van der Waals surface area contributed by atoms with Crippen LogP contribution in [0.2, 0.25) is 0 Å². The maximum absolute atomic E-state index is 12.9. The van der Waals surface area contributed by atoms with Crippen LogP contribution in [0.25, 0.3) is 22.3 Å². The smallest absolute Gasteiger partial charge is 0.256 e. The predicted octanol–water partition coefficient (Wildman–Crippen LogP) is 4.17. The summed E-state index contributed by atoms with van der Waals surface area (Å²) in [7, 11) is 0. The molecule has 0 spiro atoms. The van der Waals surface area contributed by atoms with E-state index >= 15 is 0 Å². The summed E-state index contributed by atoms with van der Waals surface area (Å²) in [4.78, 5) is 40.7. The largest absolute Gasteiger partial charge is 0.383 e. The number of hydrogen-bond donors (Lipinski definition) is 2. The molecule has 2 amide bonds. The van der Waals surface area contributed by atoms with Crippen LogP contribution in [0.5, 0.6) is 0 Å². The first-order chi connectivity index (χ1) is 19.0. The molecular formula is C29H30N8O2. The Balaban J connectivity index is 1.15. The van der Waals surface area contributed by atoms with Crippen molar-refractivity contribution in [2.45, 2.75) is 50.5 Å². The Hall–Kier alpha value is -4.34. The zero-order valence-electron chi connectivity index (χ0n) is 21.6. The summed E-state index contributed by atoms with van der Waals surface area (Å²) >= 11 is 0. The lowest BCUT2D eigenvalue weighted by molar-refractivity contribution is -0.134. The highest BCUT2D eigenvalue weighted by Crippen LogP contribution is 2.40. The molecule has 198 valence electrons. The quantitative estimate of drug-likeness (QED) is 0.388. The summed E-state index contributed by atoms with van der Waals surface area (Å²) in [6, 6.07) is 11.3. The van der Waals surface area contributed by atoms with Gasteiger partial charge in [-0.25, -0.2) is 19.6 Å². The van der Waals surface area contributed by atoms with Crippen LogP contribution in [0.4, 0.5) is 11.6 Å². The number of carbonyl (C=O) groups excluding carboxylic acids is 2. The summed E-state index contributed by atoms with van der Waals surface area (Å²) < 4.78 is 1.91. The van der Waals surface area contributed by atoms with Gasteiger partial charge in [-0.1, -0.05) is 12.1 Å². The molecule has 0 bridgehead atoms. The first-order valence-electron chi connectivity index (χ1n) is 13.7. The predicted molar refractivity (Wildman–Crippen MR) is 147 cm³/mol. The number of nitrogens with one attached hydrogen (secondary N) is 1. The van der Waals surface area contributed by atoms with Gasteiger partial charge < -0.3 is 16.0 Å². The molecule has 1 atom stereocenters. The molecular weight excluding hydrogens is 492 g/mol. The van der Waals surface area contributed by atoms with E-state index in [0.717, 1.165) is 37.8 Å². The number of aromatic nitrogens is 5. The van der Waals surface area contributed by atoms with E-state index in [1.54, 1.807) is 18.3 Å². The highest BCUT2D eigenvalue weighted by molar-refractivity contribution is 6.04. The molecule has 3 aliphatic rings. The Labute approximate surface area is 225 Å². The van der Waals surface area contributed by atoms with Crippen LogP contribution in [0.3, 0.4) is 0 Å². The van der Waals surface area contributed by atoms with E-state index in [2.05, 4.69) is 20.3 Å². The molecule has 1 aliphatic heterocycles. The van der Waals surface area contributed by atoms with Crippen molar-refractivity contribution >= 4 is 34.5 Å². The fraction of sp³-hybridized carbons (Fsp3) is 0.379. The molecule has 1 saturated heterocycles. The van der Waals surface area contributed by atoms with Gasteiger partial charge in [0.1, 0.15) is 23.7 Å². The highest BCUT2D eigenvalue weighted by Gasteiger charge is 2.36. The second kappa shape index (κ2) is 9.44. The SMILES string of the molecule is Nc1ncnc2c1c(-c1ccc(C(=O)Nc3cc(C4CC4)ccn3)cc1)nn2[C@@H]1CCCN(C(=O)C2CC2)C1. The lowest BCUT2D eigenvalue weighted by atomic mass is 10.1. The molecule has 4 heterocycles. The number of nitrogens with zero attached hydrogens (tertiary/aromatic N) is 6. The van der Waals surface area contributed by atoms with Crippen LogP contribution >= 0.6 is 0 Å². The fourth-order valence-electron chi connectivity index (χ4n) is 5.55. The molecule has 3 aromatic heterocycles. The van der Waals surface area contributed by atoms with Crippen molar-refractivity contribution in [2.75, 3.05) is 24.1 Å². The lowest BCUT2D eigenvalue weighted by Gasteiger charge is -2.33. The summed E-state index contributed by atoms with van der Waals surface area (Å²) in [5.74, 6) is 1.73. The van der Waals surface area contributed by atoms with Crippen molar-refractivity contribution in [3.63, 3.8) is 0 Å². The summed E-state index contributed by atoms with van der Waals surface area (Å²) in [5.41, 5.74) is 10.2. The fourth-order valence-corrected chi connectivity index (χ4v) is 5.55. The minimum Gasteiger partial charge on any atom is -0.383 e. The van der Waals surface area contributed by atoms with Gasteiger partial charge in [0.25, 0.3) is 5.91 Å². The molecule has 3 N–H and O–H groups in total. The van der Waals surface area contributed by atoms with E-state index in [0.29, 0.717) is 46.4 Å². The second-order valence-electron chi connectivity index (χ2n) is 10.9. The van der Waals surface area contributed by atoms with Gasteiger partial charge in [-0.3, -0.25) is 9.59 Å². The van der Waals surface area contributed by atoms with E-state index in [9.17, 15) is 9.59 Å². The Kier molecular flexibility index (Phi) is 5.75. The van der Waals surface area contributed by atoms with E-state index < -0.39 is 0 Å². The van der Waals surface area contributed by atoms with Crippen LogP contribution in [0, 0.1) is 5.92 Å². The van der Waals surface area contributed by atoms with Crippen LogP contribution in [0.15, 0.2) is 48.9 Å². The maximum atomic E-state index is 12.9. The van der Waals surface area contributed by atoms with E-state index in [-0.39, 0.29) is 23.8 Å². The molecule has 39 heavy (non-hydrogen) atoms. The second-order valence-corrected chi connectivity index (χ2v) is 10.9. The van der Waals surface area contributed by atoms with Crippen molar-refractivity contribution in [3.8, 4) is 11.3 Å². The minimum absolute atomic E-state index is 0.0101. The molecule has 2 aliphatic carbocycles. The molecule has 10 heteroatoms. The molecule has 1 aromatic carbocycles. The average Bonchev–Trinajstić information content (AvgIpc) is 3.90. The number of anilines is 2. The molecule has 4 aromatic rings. The third-order valence-corrected chi connectivity index (χ3v) is 7.99. The molecule has 0 unspecified atom stereocenters. The number of likely N-dealkylation sites (tertiary alicyclic amines) is 1. The minimum atomic E-state index is -0.220. The molecule has 7 rings (SSSR count). The van der Waals surface area contributed by atoms with Crippen LogP contribution in [-0.2, 0) is 4.79 Å². The van der Waals surface area contributed by atoms with Crippen molar-refractivity contribution in [1.29, 1.82) is 0 Å². The Morgan fingerprint density at radius 3 is 2.56 bits per heavy atom. The van der Waals surface area contributed by atoms with Crippen LogP contribution < -0.4 is 11.1 Å². The Bertz CT molecular complexity index is 1570. The average molecular weight is 523 g/mol. The summed E-state index contributed by atoms with van der Waals surface area (Å²) in [5, 5.41) is 8.55. The van der Waals surface area contributed by atoms with Gasteiger partial charge in [-0.05, 0) is 74.3 Å². The van der Waals surface area contributed by atoms with E-state index in [1.165, 1.54) is 24.7 Å². The first-order valence-corrected chi connectivity index (χ1v) is 13.7. The monoisotopic (exact) mass is 522 g/mol. The van der Waals surface area contributed by atoms with Gasteiger partial charge >= 0.3 is 0 Å². The van der Waals surface area contributed by atoms with E-state index in [4.69, 9.17) is 10.8 Å². The third kappa shape index (κ3) is 4.60. The van der Waals surface area contributed by atoms with Gasteiger partial charge in [-0.15, -0.1) is 0 Å². The topological polar surface area (TPSA) is 132 Å². The number of hydrogen-bond acceptors (Lipinski definition) is 7. The number of rotatable bonds is 6. The molecule has 3 fully saturated rings. The third-order valence-electron chi connectivity index (χ3n) is 7.99. The van der Waals surface area contributed by atoms with Crippen LogP contribution in [-0.4, -0.2) is 54.5 Å². The Morgan fingerprint density at radius 1 is 0.974 bits per heavy atom.